The lowest BCUT2D eigenvalue weighted by Gasteiger charge is -2.05. The molecule has 3 aromatic rings. The standard InChI is InChI=1S/C18H21N5O4/c1-11(24)12-2-4-13(5-3-12)15-7-6-14(26-15)10-20-8-9-21-18(25)16-17(19)23-27-22-16/h2-7,11,20,24H,8-10H2,1H3,(H2,19,23)(H,21,25). The van der Waals surface area contributed by atoms with Crippen LogP contribution in [-0.2, 0) is 6.54 Å². The van der Waals surface area contributed by atoms with Crippen molar-refractivity contribution in [3.8, 4) is 11.3 Å². The summed E-state index contributed by atoms with van der Waals surface area (Å²) in [5.74, 6) is 1.06. The van der Waals surface area contributed by atoms with Crippen LogP contribution in [0.25, 0.3) is 11.3 Å². The Morgan fingerprint density at radius 2 is 1.96 bits per heavy atom. The highest BCUT2D eigenvalue weighted by Crippen LogP contribution is 2.24. The summed E-state index contributed by atoms with van der Waals surface area (Å²) in [4.78, 5) is 11.8. The van der Waals surface area contributed by atoms with Gasteiger partial charge in [0, 0.05) is 18.7 Å². The Hall–Kier alpha value is -3.17. The summed E-state index contributed by atoms with van der Waals surface area (Å²) in [6.07, 6.45) is -0.493. The number of carbonyl (C=O) groups is 1. The van der Waals surface area contributed by atoms with Crippen molar-refractivity contribution in [2.24, 2.45) is 0 Å². The highest BCUT2D eigenvalue weighted by Gasteiger charge is 2.14. The fourth-order valence-corrected chi connectivity index (χ4v) is 2.47. The van der Waals surface area contributed by atoms with Crippen LogP contribution in [0.15, 0.2) is 45.4 Å². The number of carbonyl (C=O) groups excluding carboxylic acids is 1. The van der Waals surface area contributed by atoms with Gasteiger partial charge in [-0.3, -0.25) is 4.79 Å². The maximum absolute atomic E-state index is 11.8. The quantitative estimate of drug-likeness (QED) is 0.437. The van der Waals surface area contributed by atoms with Gasteiger partial charge < -0.3 is 25.9 Å². The predicted octanol–water partition coefficient (Wildman–Crippen LogP) is 1.48. The molecule has 1 aromatic carbocycles. The molecule has 0 spiro atoms. The molecule has 0 aliphatic rings. The molecule has 5 N–H and O–H groups in total. The molecular formula is C18H21N5O4. The van der Waals surface area contributed by atoms with E-state index in [9.17, 15) is 9.90 Å². The molecular weight excluding hydrogens is 350 g/mol. The van der Waals surface area contributed by atoms with Crippen LogP contribution >= 0.6 is 0 Å². The second-order valence-corrected chi connectivity index (χ2v) is 5.99. The van der Waals surface area contributed by atoms with E-state index in [4.69, 9.17) is 10.2 Å². The molecule has 0 aliphatic carbocycles. The molecule has 2 aromatic heterocycles. The fourth-order valence-electron chi connectivity index (χ4n) is 2.47. The summed E-state index contributed by atoms with van der Waals surface area (Å²) in [6.45, 7) is 3.18. The zero-order valence-corrected chi connectivity index (χ0v) is 14.8. The summed E-state index contributed by atoms with van der Waals surface area (Å²) in [6, 6.07) is 11.4. The Kier molecular flexibility index (Phi) is 5.84. The van der Waals surface area contributed by atoms with E-state index in [2.05, 4.69) is 25.6 Å². The Bertz CT molecular complexity index is 885. The lowest BCUT2D eigenvalue weighted by molar-refractivity contribution is 0.0944. The summed E-state index contributed by atoms with van der Waals surface area (Å²) in [7, 11) is 0. The van der Waals surface area contributed by atoms with Crippen molar-refractivity contribution in [3.63, 3.8) is 0 Å². The van der Waals surface area contributed by atoms with Gasteiger partial charge in [-0.1, -0.05) is 24.3 Å². The minimum atomic E-state index is -0.493. The molecule has 0 bridgehead atoms. The van der Waals surface area contributed by atoms with Crippen LogP contribution in [0.5, 0.6) is 0 Å². The van der Waals surface area contributed by atoms with E-state index in [-0.39, 0.29) is 11.5 Å². The van der Waals surface area contributed by atoms with Gasteiger partial charge in [-0.15, -0.1) is 0 Å². The van der Waals surface area contributed by atoms with Crippen LogP contribution in [0, 0.1) is 0 Å². The third kappa shape index (κ3) is 4.72. The van der Waals surface area contributed by atoms with E-state index in [0.29, 0.717) is 19.6 Å². The topological polar surface area (TPSA) is 139 Å². The second kappa shape index (κ2) is 8.47. The van der Waals surface area contributed by atoms with E-state index in [0.717, 1.165) is 22.6 Å². The van der Waals surface area contributed by atoms with E-state index in [1.807, 2.05) is 36.4 Å². The second-order valence-electron chi connectivity index (χ2n) is 5.99. The largest absolute Gasteiger partial charge is 0.460 e. The maximum Gasteiger partial charge on any atom is 0.277 e. The van der Waals surface area contributed by atoms with Crippen LogP contribution in [0.4, 0.5) is 5.82 Å². The summed E-state index contributed by atoms with van der Waals surface area (Å²) < 4.78 is 10.2. The number of aromatic nitrogens is 2. The van der Waals surface area contributed by atoms with E-state index in [1.54, 1.807) is 6.92 Å². The minimum absolute atomic E-state index is 0.0210. The van der Waals surface area contributed by atoms with Gasteiger partial charge in [0.25, 0.3) is 5.91 Å². The molecule has 27 heavy (non-hydrogen) atoms. The van der Waals surface area contributed by atoms with Crippen molar-refractivity contribution < 1.29 is 18.9 Å². The number of nitrogen functional groups attached to an aromatic ring is 1. The smallest absolute Gasteiger partial charge is 0.277 e. The predicted molar refractivity (Wildman–Crippen MR) is 97.5 cm³/mol. The number of nitrogens with zero attached hydrogens (tertiary/aromatic N) is 2. The number of aliphatic hydroxyl groups excluding tert-OH is 1. The summed E-state index contributed by atoms with van der Waals surface area (Å²) in [5, 5.41) is 22.2. The van der Waals surface area contributed by atoms with Crippen molar-refractivity contribution in [1.29, 1.82) is 0 Å². The van der Waals surface area contributed by atoms with Crippen LogP contribution < -0.4 is 16.4 Å². The number of benzene rings is 1. The number of nitrogens with two attached hydrogens (primary N) is 1. The third-order valence-electron chi connectivity index (χ3n) is 3.95. The third-order valence-corrected chi connectivity index (χ3v) is 3.95. The number of aliphatic hydroxyl groups is 1. The van der Waals surface area contributed by atoms with Crippen molar-refractivity contribution in [2.45, 2.75) is 19.6 Å². The molecule has 3 rings (SSSR count). The van der Waals surface area contributed by atoms with E-state index >= 15 is 0 Å². The molecule has 0 aliphatic heterocycles. The molecule has 0 radical (unpaired) electrons. The number of nitrogens with one attached hydrogen (secondary N) is 2. The fraction of sp³-hybridized carbons (Fsp3) is 0.278. The molecule has 142 valence electrons. The number of hydrogen-bond acceptors (Lipinski definition) is 8. The Morgan fingerprint density at radius 3 is 2.63 bits per heavy atom. The SMILES string of the molecule is CC(O)c1ccc(-c2ccc(CNCCNC(=O)c3nonc3N)o2)cc1. The number of furan rings is 1. The highest BCUT2D eigenvalue weighted by molar-refractivity contribution is 5.95. The zero-order valence-electron chi connectivity index (χ0n) is 14.8. The van der Waals surface area contributed by atoms with E-state index in [1.165, 1.54) is 0 Å². The minimum Gasteiger partial charge on any atom is -0.460 e. The maximum atomic E-state index is 11.8. The van der Waals surface area contributed by atoms with Crippen molar-refractivity contribution >= 4 is 11.7 Å². The van der Waals surface area contributed by atoms with Gasteiger partial charge in [-0.05, 0) is 34.9 Å². The van der Waals surface area contributed by atoms with Crippen LogP contribution in [0.1, 0.15) is 34.8 Å². The molecule has 9 nitrogen and oxygen atoms in total. The zero-order chi connectivity index (χ0) is 19.2. The lowest BCUT2D eigenvalue weighted by Crippen LogP contribution is -2.32. The van der Waals surface area contributed by atoms with E-state index < -0.39 is 12.0 Å². The van der Waals surface area contributed by atoms with Crippen LogP contribution in [0.2, 0.25) is 0 Å². The highest BCUT2D eigenvalue weighted by atomic mass is 16.6. The Balaban J connectivity index is 1.43. The number of amides is 1. The van der Waals surface area contributed by atoms with Gasteiger partial charge in [-0.2, -0.15) is 0 Å². The molecule has 0 fully saturated rings. The van der Waals surface area contributed by atoms with Gasteiger partial charge in [0.2, 0.25) is 11.5 Å². The normalized spacial score (nSPS) is 12.1. The van der Waals surface area contributed by atoms with Gasteiger partial charge in [0.05, 0.1) is 12.6 Å². The molecule has 2 heterocycles. The average Bonchev–Trinajstić information content (AvgIpc) is 3.30. The molecule has 0 saturated heterocycles. The van der Waals surface area contributed by atoms with Gasteiger partial charge in [0.15, 0.2) is 0 Å². The van der Waals surface area contributed by atoms with Gasteiger partial charge >= 0.3 is 0 Å². The Labute approximate surface area is 155 Å². The Morgan fingerprint density at radius 1 is 1.19 bits per heavy atom. The average molecular weight is 371 g/mol. The number of anilines is 1. The number of hydrogen-bond donors (Lipinski definition) is 4. The molecule has 1 atom stereocenters. The van der Waals surface area contributed by atoms with Crippen molar-refractivity contribution in [3.05, 3.63) is 53.4 Å². The molecule has 1 unspecified atom stereocenters. The first-order valence-electron chi connectivity index (χ1n) is 8.48. The summed E-state index contributed by atoms with van der Waals surface area (Å²) >= 11 is 0. The number of rotatable bonds is 8. The molecule has 1 amide bonds. The molecule has 9 heteroatoms. The molecule has 0 saturated carbocycles. The first kappa shape index (κ1) is 18.6. The lowest BCUT2D eigenvalue weighted by atomic mass is 10.1. The first-order valence-corrected chi connectivity index (χ1v) is 8.48. The monoisotopic (exact) mass is 371 g/mol. The van der Waals surface area contributed by atoms with Gasteiger partial charge in [0.1, 0.15) is 11.5 Å². The first-order chi connectivity index (χ1) is 13.0. The van der Waals surface area contributed by atoms with Crippen molar-refractivity contribution in [2.75, 3.05) is 18.8 Å². The van der Waals surface area contributed by atoms with Crippen molar-refractivity contribution in [1.82, 2.24) is 20.9 Å². The summed E-state index contributed by atoms with van der Waals surface area (Å²) in [5.41, 5.74) is 7.23. The van der Waals surface area contributed by atoms with Crippen LogP contribution in [-0.4, -0.2) is 34.4 Å². The van der Waals surface area contributed by atoms with Gasteiger partial charge in [-0.25, -0.2) is 4.63 Å². The van der Waals surface area contributed by atoms with Crippen LogP contribution in [0.3, 0.4) is 0 Å².